The summed E-state index contributed by atoms with van der Waals surface area (Å²) in [4.78, 5) is 20.2. The maximum atomic E-state index is 11.6. The van der Waals surface area contributed by atoms with Crippen LogP contribution in [0, 0.1) is 5.41 Å². The van der Waals surface area contributed by atoms with Crippen molar-refractivity contribution in [2.75, 3.05) is 53.5 Å². The number of rotatable bonds is 4. The Labute approximate surface area is 127 Å². The maximum Gasteiger partial charge on any atom is 0.223 e. The smallest absolute Gasteiger partial charge is 0.223 e. The third-order valence-corrected chi connectivity index (χ3v) is 4.34. The second kappa shape index (κ2) is 7.11. The minimum absolute atomic E-state index is 0.122. The van der Waals surface area contributed by atoms with E-state index in [4.69, 9.17) is 4.74 Å². The van der Waals surface area contributed by atoms with Crippen LogP contribution in [0.1, 0.15) is 26.2 Å². The molecule has 1 spiro atoms. The van der Waals surface area contributed by atoms with Gasteiger partial charge in [-0.25, -0.2) is 0 Å². The second-order valence-electron chi connectivity index (χ2n) is 6.25. The summed E-state index contributed by atoms with van der Waals surface area (Å²) in [7, 11) is 3.56. The van der Waals surface area contributed by atoms with Gasteiger partial charge in [0.05, 0.1) is 13.2 Å². The Morgan fingerprint density at radius 2 is 2.24 bits per heavy atom. The third kappa shape index (κ3) is 4.09. The zero-order valence-corrected chi connectivity index (χ0v) is 13.5. The molecule has 1 atom stereocenters. The molecule has 120 valence electrons. The normalized spacial score (nSPS) is 25.7. The van der Waals surface area contributed by atoms with Crippen LogP contribution in [0.4, 0.5) is 0 Å². The van der Waals surface area contributed by atoms with Crippen molar-refractivity contribution in [3.05, 3.63) is 0 Å². The van der Waals surface area contributed by atoms with Crippen molar-refractivity contribution in [1.29, 1.82) is 0 Å². The van der Waals surface area contributed by atoms with Crippen molar-refractivity contribution in [2.24, 2.45) is 10.4 Å². The maximum absolute atomic E-state index is 11.6. The molecule has 1 unspecified atom stereocenters. The van der Waals surface area contributed by atoms with Gasteiger partial charge in [-0.1, -0.05) is 0 Å². The molecule has 2 aliphatic rings. The van der Waals surface area contributed by atoms with E-state index < -0.39 is 0 Å². The Hall–Kier alpha value is -1.30. The average Bonchev–Trinajstić information content (AvgIpc) is 3.08. The summed E-state index contributed by atoms with van der Waals surface area (Å²) in [6.07, 6.45) is 2.79. The zero-order valence-electron chi connectivity index (χ0n) is 13.5. The molecule has 6 heteroatoms. The van der Waals surface area contributed by atoms with Crippen LogP contribution in [0.2, 0.25) is 0 Å². The molecule has 0 radical (unpaired) electrons. The summed E-state index contributed by atoms with van der Waals surface area (Å²) in [6, 6.07) is 0. The molecular formula is C15H28N4O2. The van der Waals surface area contributed by atoms with Crippen LogP contribution in [0.15, 0.2) is 4.99 Å². The number of amides is 1. The quantitative estimate of drug-likeness (QED) is 0.608. The summed E-state index contributed by atoms with van der Waals surface area (Å²) in [6.45, 7) is 7.27. The van der Waals surface area contributed by atoms with Gasteiger partial charge in [0.25, 0.3) is 0 Å². The van der Waals surface area contributed by atoms with Gasteiger partial charge in [-0.2, -0.15) is 0 Å². The van der Waals surface area contributed by atoms with E-state index in [1.54, 1.807) is 19.0 Å². The Bertz CT molecular complexity index is 389. The summed E-state index contributed by atoms with van der Waals surface area (Å²) < 4.78 is 5.57. The number of ether oxygens (including phenoxy) is 1. The minimum Gasteiger partial charge on any atom is -0.381 e. The van der Waals surface area contributed by atoms with Crippen molar-refractivity contribution in [2.45, 2.75) is 26.2 Å². The number of nitrogens with zero attached hydrogens (tertiary/aromatic N) is 3. The third-order valence-electron chi connectivity index (χ3n) is 4.34. The van der Waals surface area contributed by atoms with Crippen LogP contribution in [0.5, 0.6) is 0 Å². The van der Waals surface area contributed by atoms with Gasteiger partial charge < -0.3 is 19.9 Å². The minimum atomic E-state index is 0.122. The lowest BCUT2D eigenvalue weighted by atomic mass is 9.87. The predicted octanol–water partition coefficient (Wildman–Crippen LogP) is 0.543. The number of hydrogen-bond acceptors (Lipinski definition) is 3. The first-order valence-corrected chi connectivity index (χ1v) is 7.87. The van der Waals surface area contributed by atoms with Crippen molar-refractivity contribution in [1.82, 2.24) is 15.1 Å². The highest BCUT2D eigenvalue weighted by Gasteiger charge is 2.42. The number of carbonyl (C=O) groups is 1. The van der Waals surface area contributed by atoms with Gasteiger partial charge in [-0.15, -0.1) is 0 Å². The van der Waals surface area contributed by atoms with Gasteiger partial charge >= 0.3 is 0 Å². The topological polar surface area (TPSA) is 57.2 Å². The first-order chi connectivity index (χ1) is 10.1. The molecule has 0 saturated carbocycles. The van der Waals surface area contributed by atoms with Gasteiger partial charge in [-0.05, 0) is 19.8 Å². The summed E-state index contributed by atoms with van der Waals surface area (Å²) in [5, 5.41) is 3.34. The number of aliphatic imine (C=N–C) groups is 1. The molecule has 0 bridgehead atoms. The van der Waals surface area contributed by atoms with Crippen LogP contribution in [0.25, 0.3) is 0 Å². The van der Waals surface area contributed by atoms with Crippen LogP contribution in [-0.4, -0.2) is 75.2 Å². The molecule has 0 aliphatic carbocycles. The Morgan fingerprint density at radius 1 is 1.43 bits per heavy atom. The Kier molecular flexibility index (Phi) is 5.45. The van der Waals surface area contributed by atoms with Crippen LogP contribution in [-0.2, 0) is 9.53 Å². The average molecular weight is 296 g/mol. The monoisotopic (exact) mass is 296 g/mol. The molecule has 2 saturated heterocycles. The van der Waals surface area contributed by atoms with E-state index >= 15 is 0 Å². The number of guanidine groups is 1. The SMILES string of the molecule is CCNC(=NCCC(=O)N(C)C)N1CCC2(CCOC2)C1. The molecule has 1 N–H and O–H groups in total. The van der Waals surface area contributed by atoms with E-state index in [0.717, 1.165) is 45.2 Å². The number of carbonyl (C=O) groups excluding carboxylic acids is 1. The fourth-order valence-corrected chi connectivity index (χ4v) is 2.99. The molecule has 0 aromatic carbocycles. The van der Waals surface area contributed by atoms with Gasteiger partial charge in [0, 0.05) is 52.2 Å². The Balaban J connectivity index is 1.91. The first kappa shape index (κ1) is 16.1. The van der Waals surface area contributed by atoms with Crippen LogP contribution >= 0.6 is 0 Å². The lowest BCUT2D eigenvalue weighted by molar-refractivity contribution is -0.128. The first-order valence-electron chi connectivity index (χ1n) is 7.87. The molecule has 2 rings (SSSR count). The van der Waals surface area contributed by atoms with Crippen molar-refractivity contribution < 1.29 is 9.53 Å². The molecule has 2 fully saturated rings. The van der Waals surface area contributed by atoms with Crippen molar-refractivity contribution in [3.63, 3.8) is 0 Å². The molecule has 0 aromatic rings. The Morgan fingerprint density at radius 3 is 2.86 bits per heavy atom. The molecule has 21 heavy (non-hydrogen) atoms. The fourth-order valence-electron chi connectivity index (χ4n) is 2.99. The van der Waals surface area contributed by atoms with Gasteiger partial charge in [0.15, 0.2) is 5.96 Å². The molecule has 2 aliphatic heterocycles. The van der Waals surface area contributed by atoms with Crippen LogP contribution < -0.4 is 5.32 Å². The molecule has 1 amide bonds. The standard InChI is InChI=1S/C15H28N4O2/c1-4-16-14(17-8-5-13(20)18(2)3)19-9-6-15(11-19)7-10-21-12-15/h4-12H2,1-3H3,(H,16,17). The lowest BCUT2D eigenvalue weighted by Crippen LogP contribution is -2.41. The fraction of sp³-hybridized carbons (Fsp3) is 0.867. The van der Waals surface area contributed by atoms with Gasteiger partial charge in [-0.3, -0.25) is 9.79 Å². The molecule has 6 nitrogen and oxygen atoms in total. The van der Waals surface area contributed by atoms with Crippen molar-refractivity contribution in [3.8, 4) is 0 Å². The number of hydrogen-bond donors (Lipinski definition) is 1. The molecular weight excluding hydrogens is 268 g/mol. The van der Waals surface area contributed by atoms with E-state index in [-0.39, 0.29) is 5.91 Å². The summed E-state index contributed by atoms with van der Waals surface area (Å²) in [5.74, 6) is 1.06. The largest absolute Gasteiger partial charge is 0.381 e. The van der Waals surface area contributed by atoms with E-state index in [1.807, 2.05) is 0 Å². The summed E-state index contributed by atoms with van der Waals surface area (Å²) in [5.41, 5.74) is 0.329. The van der Waals surface area contributed by atoms with E-state index in [1.165, 1.54) is 6.42 Å². The van der Waals surface area contributed by atoms with E-state index in [2.05, 4.69) is 22.1 Å². The van der Waals surface area contributed by atoms with Crippen LogP contribution in [0.3, 0.4) is 0 Å². The number of likely N-dealkylation sites (tertiary alicyclic amines) is 1. The van der Waals surface area contributed by atoms with E-state index in [9.17, 15) is 4.79 Å². The van der Waals surface area contributed by atoms with E-state index in [0.29, 0.717) is 18.4 Å². The highest BCUT2D eigenvalue weighted by Crippen LogP contribution is 2.38. The highest BCUT2D eigenvalue weighted by molar-refractivity contribution is 5.81. The molecule has 2 heterocycles. The lowest BCUT2D eigenvalue weighted by Gasteiger charge is -2.25. The van der Waals surface area contributed by atoms with Gasteiger partial charge in [0.1, 0.15) is 0 Å². The number of nitrogens with one attached hydrogen (secondary N) is 1. The molecule has 0 aromatic heterocycles. The zero-order chi connectivity index (χ0) is 15.3. The highest BCUT2D eigenvalue weighted by atomic mass is 16.5. The van der Waals surface area contributed by atoms with Crippen molar-refractivity contribution >= 4 is 11.9 Å². The summed E-state index contributed by atoms with van der Waals surface area (Å²) >= 11 is 0. The van der Waals surface area contributed by atoms with Gasteiger partial charge in [0.2, 0.25) is 5.91 Å². The second-order valence-corrected chi connectivity index (χ2v) is 6.25. The predicted molar refractivity (Wildman–Crippen MR) is 83.3 cm³/mol.